The van der Waals surface area contributed by atoms with Gasteiger partial charge in [0.15, 0.2) is 17.7 Å². The minimum absolute atomic E-state index is 0.0167. The lowest BCUT2D eigenvalue weighted by molar-refractivity contribution is -0.123. The van der Waals surface area contributed by atoms with Crippen molar-refractivity contribution in [3.05, 3.63) is 82.3 Å². The standard InChI is InChI=1S/C29H29N5O4/c1-13(2)22-26-34-23(27-31-14(3)15(4)36-27)24(38-26)29-17-7-5-6-8-20(17)32-28(29)37-21-10-9-16(11-18(21)29)12-19(30)25(35)33-22/h5-11,13,19,22,28,32H,12,30H2,1-4H3,(H,33,35)/t19-,22-,28?,29?/m0/s1. The highest BCUT2D eigenvalue weighted by Crippen LogP contribution is 2.59. The van der Waals surface area contributed by atoms with Crippen LogP contribution in [-0.4, -0.2) is 28.1 Å². The highest BCUT2D eigenvalue weighted by molar-refractivity contribution is 5.82. The molecule has 9 heteroatoms. The van der Waals surface area contributed by atoms with Crippen molar-refractivity contribution in [3.63, 3.8) is 0 Å². The zero-order valence-electron chi connectivity index (χ0n) is 21.7. The first-order chi connectivity index (χ1) is 18.3. The van der Waals surface area contributed by atoms with E-state index < -0.39 is 23.7 Å². The molecule has 4 aromatic rings. The number of nitrogens with two attached hydrogens (primary N) is 1. The summed E-state index contributed by atoms with van der Waals surface area (Å²) in [6.07, 6.45) is -0.0949. The first-order valence-corrected chi connectivity index (χ1v) is 12.9. The first kappa shape index (κ1) is 23.0. The molecule has 2 aromatic heterocycles. The van der Waals surface area contributed by atoms with Gasteiger partial charge in [0, 0.05) is 11.3 Å². The Morgan fingerprint density at radius 3 is 2.63 bits per heavy atom. The lowest BCUT2D eigenvalue weighted by Gasteiger charge is -2.28. The van der Waals surface area contributed by atoms with E-state index in [1.165, 1.54) is 0 Å². The van der Waals surface area contributed by atoms with Crippen LogP contribution in [0.5, 0.6) is 5.75 Å². The van der Waals surface area contributed by atoms with Gasteiger partial charge >= 0.3 is 0 Å². The van der Waals surface area contributed by atoms with Gasteiger partial charge in [-0.25, -0.2) is 9.97 Å². The number of carbonyl (C=O) groups excluding carboxylic acids is 1. The van der Waals surface area contributed by atoms with E-state index in [4.69, 9.17) is 29.3 Å². The molecule has 2 unspecified atom stereocenters. The number of nitrogens with zero attached hydrogens (tertiary/aromatic N) is 2. The number of fused-ring (bicyclic) bond motifs is 4. The second-order valence-electron chi connectivity index (χ2n) is 10.8. The van der Waals surface area contributed by atoms with Crippen LogP contribution in [0.15, 0.2) is 51.3 Å². The molecule has 9 nitrogen and oxygen atoms in total. The molecule has 38 heavy (non-hydrogen) atoms. The molecule has 1 spiro atoms. The number of aromatic nitrogens is 2. The zero-order valence-corrected chi connectivity index (χ0v) is 21.7. The van der Waals surface area contributed by atoms with Gasteiger partial charge in [-0.15, -0.1) is 0 Å². The Morgan fingerprint density at radius 1 is 1.05 bits per heavy atom. The first-order valence-electron chi connectivity index (χ1n) is 12.9. The van der Waals surface area contributed by atoms with Gasteiger partial charge in [0.05, 0.1) is 11.7 Å². The maximum Gasteiger partial charge on any atom is 0.249 e. The Labute approximate surface area is 219 Å². The van der Waals surface area contributed by atoms with E-state index in [0.717, 1.165) is 33.8 Å². The van der Waals surface area contributed by atoms with Crippen molar-refractivity contribution in [2.24, 2.45) is 11.7 Å². The van der Waals surface area contributed by atoms with Gasteiger partial charge in [0.25, 0.3) is 0 Å². The van der Waals surface area contributed by atoms with E-state index in [9.17, 15) is 4.79 Å². The van der Waals surface area contributed by atoms with Crippen molar-refractivity contribution in [1.29, 1.82) is 0 Å². The largest absolute Gasteiger partial charge is 0.469 e. The predicted molar refractivity (Wildman–Crippen MR) is 140 cm³/mol. The van der Waals surface area contributed by atoms with Crippen molar-refractivity contribution in [3.8, 4) is 17.3 Å². The number of para-hydroxylation sites is 1. The van der Waals surface area contributed by atoms with Gasteiger partial charge < -0.3 is 29.9 Å². The summed E-state index contributed by atoms with van der Waals surface area (Å²) < 4.78 is 19.4. The molecule has 3 aliphatic rings. The third-order valence-corrected chi connectivity index (χ3v) is 8.00. The number of carbonyl (C=O) groups is 1. The van der Waals surface area contributed by atoms with Gasteiger partial charge in [-0.1, -0.05) is 44.2 Å². The molecule has 2 aromatic carbocycles. The molecule has 1 amide bonds. The average Bonchev–Trinajstić information content (AvgIpc) is 3.62. The van der Waals surface area contributed by atoms with Crippen LogP contribution in [0.25, 0.3) is 11.6 Å². The lowest BCUT2D eigenvalue weighted by Crippen LogP contribution is -2.45. The number of oxazole rings is 2. The fourth-order valence-electron chi connectivity index (χ4n) is 5.93. The Balaban J connectivity index is 1.60. The number of hydrogen-bond acceptors (Lipinski definition) is 8. The number of anilines is 1. The second-order valence-corrected chi connectivity index (χ2v) is 10.8. The Hall–Kier alpha value is -4.11. The van der Waals surface area contributed by atoms with E-state index in [0.29, 0.717) is 35.4 Å². The molecule has 4 atom stereocenters. The SMILES string of the molecule is Cc1nc(-c2nc3oc2C24c5ccccc5NC2Oc2ccc(cc24)C[C@H](N)C(=O)N[C@H]3C(C)C)oc1C. The van der Waals surface area contributed by atoms with Crippen LogP contribution < -0.4 is 21.1 Å². The molecule has 5 heterocycles. The maximum atomic E-state index is 13.2. The van der Waals surface area contributed by atoms with E-state index in [1.807, 2.05) is 58.0 Å². The van der Waals surface area contributed by atoms with E-state index in [1.54, 1.807) is 0 Å². The van der Waals surface area contributed by atoms with Gasteiger partial charge in [-0.05, 0) is 49.4 Å². The smallest absolute Gasteiger partial charge is 0.249 e. The van der Waals surface area contributed by atoms with Gasteiger partial charge in [-0.3, -0.25) is 4.79 Å². The minimum atomic E-state index is -0.867. The van der Waals surface area contributed by atoms with Crippen molar-refractivity contribution in [2.75, 3.05) is 5.32 Å². The van der Waals surface area contributed by atoms with E-state index in [-0.39, 0.29) is 11.8 Å². The van der Waals surface area contributed by atoms with E-state index in [2.05, 4.69) is 22.8 Å². The number of ether oxygens (including phenoxy) is 1. The quantitative estimate of drug-likeness (QED) is 0.367. The summed E-state index contributed by atoms with van der Waals surface area (Å²) in [6, 6.07) is 12.9. The Bertz CT molecular complexity index is 1580. The van der Waals surface area contributed by atoms with Crippen LogP contribution >= 0.6 is 0 Å². The number of amides is 1. The Morgan fingerprint density at radius 2 is 1.87 bits per heavy atom. The molecule has 0 fully saturated rings. The van der Waals surface area contributed by atoms with Crippen molar-refractivity contribution in [1.82, 2.24) is 15.3 Å². The monoisotopic (exact) mass is 511 g/mol. The molecule has 0 radical (unpaired) electrons. The van der Waals surface area contributed by atoms with Crippen molar-refractivity contribution >= 4 is 11.6 Å². The summed E-state index contributed by atoms with van der Waals surface area (Å²) in [5.41, 5.74) is 10.6. The topological polar surface area (TPSA) is 128 Å². The number of hydrogen-bond donors (Lipinski definition) is 3. The summed E-state index contributed by atoms with van der Waals surface area (Å²) in [5.74, 6) is 2.48. The van der Waals surface area contributed by atoms with Crippen LogP contribution in [0.4, 0.5) is 5.69 Å². The van der Waals surface area contributed by atoms with E-state index >= 15 is 0 Å². The summed E-state index contributed by atoms with van der Waals surface area (Å²) in [5, 5.41) is 6.65. The highest BCUT2D eigenvalue weighted by atomic mass is 16.5. The Kier molecular flexibility index (Phi) is 4.82. The third-order valence-electron chi connectivity index (χ3n) is 8.00. The molecule has 0 saturated heterocycles. The van der Waals surface area contributed by atoms with Crippen LogP contribution in [-0.2, 0) is 16.6 Å². The maximum absolute atomic E-state index is 13.2. The normalized spacial score (nSPS) is 25.1. The minimum Gasteiger partial charge on any atom is -0.469 e. The fraction of sp³-hybridized carbons (Fsp3) is 0.345. The van der Waals surface area contributed by atoms with Gasteiger partial charge in [0.1, 0.15) is 23.0 Å². The second kappa shape index (κ2) is 7.94. The number of nitrogens with one attached hydrogen (secondary N) is 2. The van der Waals surface area contributed by atoms with Crippen LogP contribution in [0.2, 0.25) is 0 Å². The highest BCUT2D eigenvalue weighted by Gasteiger charge is 2.61. The van der Waals surface area contributed by atoms with Crippen LogP contribution in [0.3, 0.4) is 0 Å². The molecule has 3 aliphatic heterocycles. The molecule has 7 rings (SSSR count). The van der Waals surface area contributed by atoms with Crippen LogP contribution in [0.1, 0.15) is 59.7 Å². The fourth-order valence-corrected chi connectivity index (χ4v) is 5.93. The summed E-state index contributed by atoms with van der Waals surface area (Å²) in [4.78, 5) is 22.8. The molecule has 4 N–H and O–H groups in total. The lowest BCUT2D eigenvalue weighted by atomic mass is 9.72. The summed E-state index contributed by atoms with van der Waals surface area (Å²) in [6.45, 7) is 7.80. The molecular weight excluding hydrogens is 482 g/mol. The summed E-state index contributed by atoms with van der Waals surface area (Å²) >= 11 is 0. The summed E-state index contributed by atoms with van der Waals surface area (Å²) in [7, 11) is 0. The molecule has 4 bridgehead atoms. The number of benzene rings is 2. The number of rotatable bonds is 2. The predicted octanol–water partition coefficient (Wildman–Crippen LogP) is 4.12. The molecular formula is C29H29N5O4. The molecule has 0 aliphatic carbocycles. The molecule has 194 valence electrons. The zero-order chi connectivity index (χ0) is 26.3. The van der Waals surface area contributed by atoms with Gasteiger partial charge in [0.2, 0.25) is 17.7 Å². The van der Waals surface area contributed by atoms with Crippen molar-refractivity contribution in [2.45, 2.75) is 57.8 Å². The number of aryl methyl sites for hydroxylation is 2. The van der Waals surface area contributed by atoms with Crippen molar-refractivity contribution < 1.29 is 18.4 Å². The molecule has 0 saturated carbocycles. The van der Waals surface area contributed by atoms with Crippen LogP contribution in [0, 0.1) is 19.8 Å². The van der Waals surface area contributed by atoms with Gasteiger partial charge in [-0.2, -0.15) is 0 Å². The average molecular weight is 512 g/mol. The third kappa shape index (κ3) is 3.05.